The molecule has 0 fully saturated rings. The van der Waals surface area contributed by atoms with E-state index in [2.05, 4.69) is 20.9 Å². The van der Waals surface area contributed by atoms with E-state index in [1.54, 1.807) is 0 Å². The summed E-state index contributed by atoms with van der Waals surface area (Å²) in [6, 6.07) is -4.11. The van der Waals surface area contributed by atoms with Gasteiger partial charge < -0.3 is 49.1 Å². The van der Waals surface area contributed by atoms with Crippen LogP contribution >= 0.6 is 0 Å². The molecular formula is C17H32N8O7. The Labute approximate surface area is 184 Å². The Morgan fingerprint density at radius 3 is 1.97 bits per heavy atom. The minimum Gasteiger partial charge on any atom is -0.480 e. The number of amides is 4. The van der Waals surface area contributed by atoms with E-state index in [1.807, 2.05) is 0 Å². The van der Waals surface area contributed by atoms with Crippen LogP contribution in [0.15, 0.2) is 4.99 Å². The average Bonchev–Trinajstić information content (AvgIpc) is 2.69. The molecule has 0 radical (unpaired) electrons. The van der Waals surface area contributed by atoms with E-state index in [0.29, 0.717) is 0 Å². The number of aliphatic carboxylic acids is 1. The van der Waals surface area contributed by atoms with Crippen molar-refractivity contribution in [2.24, 2.45) is 27.9 Å². The molecule has 4 unspecified atom stereocenters. The number of carboxylic acids is 1. The van der Waals surface area contributed by atoms with Crippen molar-refractivity contribution < 1.29 is 34.2 Å². The molecule has 13 N–H and O–H groups in total. The zero-order valence-electron chi connectivity index (χ0n) is 17.7. The second-order valence-electron chi connectivity index (χ2n) is 6.90. The SMILES string of the molecule is CC(O)C(NC(=O)C(CCCN=C(N)N)NC(=O)C(CCC(N)=O)NC(=O)CN)C(=O)O. The lowest BCUT2D eigenvalue weighted by molar-refractivity contribution is -0.145. The highest BCUT2D eigenvalue weighted by molar-refractivity contribution is 5.94. The number of carboxylic acid groups (broad SMARTS) is 1. The molecule has 0 spiro atoms. The van der Waals surface area contributed by atoms with Crippen molar-refractivity contribution in [3.63, 3.8) is 0 Å². The first kappa shape index (κ1) is 28.5. The molecule has 4 atom stereocenters. The van der Waals surface area contributed by atoms with E-state index < -0.39 is 60.4 Å². The number of nitrogens with two attached hydrogens (primary N) is 4. The summed E-state index contributed by atoms with van der Waals surface area (Å²) in [5, 5.41) is 25.6. The Balaban J connectivity index is 5.49. The molecule has 182 valence electrons. The van der Waals surface area contributed by atoms with Crippen molar-refractivity contribution in [3.8, 4) is 0 Å². The van der Waals surface area contributed by atoms with Gasteiger partial charge in [-0.05, 0) is 26.2 Å². The molecule has 0 aliphatic carbocycles. The highest BCUT2D eigenvalue weighted by atomic mass is 16.4. The predicted molar refractivity (Wildman–Crippen MR) is 113 cm³/mol. The van der Waals surface area contributed by atoms with Crippen LogP contribution in [0.25, 0.3) is 0 Å². The molecule has 0 aliphatic rings. The number of primary amides is 1. The first-order valence-electron chi connectivity index (χ1n) is 9.73. The van der Waals surface area contributed by atoms with Crippen LogP contribution in [-0.4, -0.2) is 83.1 Å². The van der Waals surface area contributed by atoms with Crippen LogP contribution in [0.3, 0.4) is 0 Å². The number of carbonyl (C=O) groups is 5. The van der Waals surface area contributed by atoms with Crippen LogP contribution in [-0.2, 0) is 24.0 Å². The van der Waals surface area contributed by atoms with Crippen LogP contribution in [0.1, 0.15) is 32.6 Å². The first-order chi connectivity index (χ1) is 14.9. The molecule has 15 heteroatoms. The molecule has 0 bridgehead atoms. The number of hydrogen-bond acceptors (Lipinski definition) is 8. The Hall–Kier alpha value is -3.46. The lowest BCUT2D eigenvalue weighted by Gasteiger charge is -2.25. The highest BCUT2D eigenvalue weighted by Crippen LogP contribution is 2.04. The molecule has 15 nitrogen and oxygen atoms in total. The highest BCUT2D eigenvalue weighted by Gasteiger charge is 2.31. The van der Waals surface area contributed by atoms with Crippen molar-refractivity contribution in [1.29, 1.82) is 0 Å². The number of carbonyl (C=O) groups excluding carboxylic acids is 4. The zero-order valence-corrected chi connectivity index (χ0v) is 17.7. The fourth-order valence-corrected chi connectivity index (χ4v) is 2.50. The van der Waals surface area contributed by atoms with Gasteiger partial charge in [0.05, 0.1) is 12.6 Å². The molecule has 0 aromatic carbocycles. The summed E-state index contributed by atoms with van der Waals surface area (Å²) in [6.07, 6.45) is -1.58. The fourth-order valence-electron chi connectivity index (χ4n) is 2.50. The third-order valence-electron chi connectivity index (χ3n) is 4.14. The summed E-state index contributed by atoms with van der Waals surface area (Å²) in [6.45, 7) is 0.876. The normalized spacial score (nSPS) is 14.2. The predicted octanol–water partition coefficient (Wildman–Crippen LogP) is -4.82. The third kappa shape index (κ3) is 11.7. The van der Waals surface area contributed by atoms with Gasteiger partial charge in [0, 0.05) is 13.0 Å². The molecule has 0 aliphatic heterocycles. The van der Waals surface area contributed by atoms with E-state index in [1.165, 1.54) is 6.92 Å². The van der Waals surface area contributed by atoms with Gasteiger partial charge in [-0.3, -0.25) is 24.2 Å². The smallest absolute Gasteiger partial charge is 0.328 e. The van der Waals surface area contributed by atoms with Gasteiger partial charge in [0.2, 0.25) is 23.6 Å². The molecular weight excluding hydrogens is 428 g/mol. The monoisotopic (exact) mass is 460 g/mol. The van der Waals surface area contributed by atoms with Crippen molar-refractivity contribution in [2.45, 2.75) is 56.8 Å². The number of nitrogens with zero attached hydrogens (tertiary/aromatic N) is 1. The third-order valence-corrected chi connectivity index (χ3v) is 4.14. The summed E-state index contributed by atoms with van der Waals surface area (Å²) in [7, 11) is 0. The minimum absolute atomic E-state index is 0.00607. The first-order valence-corrected chi connectivity index (χ1v) is 9.73. The number of hydrogen-bond donors (Lipinski definition) is 9. The molecule has 0 saturated heterocycles. The maximum Gasteiger partial charge on any atom is 0.328 e. The van der Waals surface area contributed by atoms with Crippen LogP contribution in [0.2, 0.25) is 0 Å². The molecule has 0 aromatic rings. The van der Waals surface area contributed by atoms with Gasteiger partial charge in [0.15, 0.2) is 12.0 Å². The number of rotatable bonds is 15. The van der Waals surface area contributed by atoms with Crippen LogP contribution in [0, 0.1) is 0 Å². The van der Waals surface area contributed by atoms with E-state index >= 15 is 0 Å². The summed E-state index contributed by atoms with van der Waals surface area (Å²) >= 11 is 0. The molecule has 0 saturated carbocycles. The number of aliphatic hydroxyl groups is 1. The summed E-state index contributed by atoms with van der Waals surface area (Å²) in [5.74, 6) is -4.75. The van der Waals surface area contributed by atoms with Crippen molar-refractivity contribution in [1.82, 2.24) is 16.0 Å². The van der Waals surface area contributed by atoms with Crippen LogP contribution < -0.4 is 38.9 Å². The Morgan fingerprint density at radius 2 is 1.50 bits per heavy atom. The lowest BCUT2D eigenvalue weighted by atomic mass is 10.1. The van der Waals surface area contributed by atoms with Crippen molar-refractivity contribution in [3.05, 3.63) is 0 Å². The number of guanidine groups is 1. The summed E-state index contributed by atoms with van der Waals surface area (Å²) in [5.41, 5.74) is 20.8. The Morgan fingerprint density at radius 1 is 0.938 bits per heavy atom. The van der Waals surface area contributed by atoms with Crippen LogP contribution in [0.5, 0.6) is 0 Å². The largest absolute Gasteiger partial charge is 0.480 e. The minimum atomic E-state index is -1.62. The molecule has 0 rings (SSSR count). The van der Waals surface area contributed by atoms with E-state index in [-0.39, 0.29) is 38.2 Å². The summed E-state index contributed by atoms with van der Waals surface area (Å²) in [4.78, 5) is 63.0. The Kier molecular flexibility index (Phi) is 13.0. The maximum absolute atomic E-state index is 12.7. The number of aliphatic imine (C=N–C) groups is 1. The number of nitrogens with one attached hydrogen (secondary N) is 3. The topological polar surface area (TPSA) is 278 Å². The van der Waals surface area contributed by atoms with Gasteiger partial charge in [0.1, 0.15) is 12.1 Å². The second-order valence-corrected chi connectivity index (χ2v) is 6.90. The number of aliphatic hydroxyl groups excluding tert-OH is 1. The van der Waals surface area contributed by atoms with Crippen molar-refractivity contribution >= 4 is 35.6 Å². The van der Waals surface area contributed by atoms with Gasteiger partial charge >= 0.3 is 5.97 Å². The second kappa shape index (κ2) is 14.5. The van der Waals surface area contributed by atoms with Gasteiger partial charge in [-0.25, -0.2) is 4.79 Å². The molecule has 0 heterocycles. The Bertz CT molecular complexity index is 709. The summed E-state index contributed by atoms with van der Waals surface area (Å²) < 4.78 is 0. The van der Waals surface area contributed by atoms with Gasteiger partial charge in [-0.2, -0.15) is 0 Å². The van der Waals surface area contributed by atoms with Crippen molar-refractivity contribution in [2.75, 3.05) is 13.1 Å². The molecule has 4 amide bonds. The van der Waals surface area contributed by atoms with Gasteiger partial charge in [-0.15, -0.1) is 0 Å². The van der Waals surface area contributed by atoms with E-state index in [9.17, 15) is 29.1 Å². The molecule has 0 aromatic heterocycles. The van der Waals surface area contributed by atoms with Gasteiger partial charge in [-0.1, -0.05) is 0 Å². The quantitative estimate of drug-likeness (QED) is 0.0638. The van der Waals surface area contributed by atoms with E-state index in [4.69, 9.17) is 28.0 Å². The average molecular weight is 460 g/mol. The zero-order chi connectivity index (χ0) is 24.8. The fraction of sp³-hybridized carbons (Fsp3) is 0.647. The lowest BCUT2D eigenvalue weighted by Crippen LogP contribution is -2.57. The van der Waals surface area contributed by atoms with E-state index in [0.717, 1.165) is 0 Å². The van der Waals surface area contributed by atoms with Crippen LogP contribution in [0.4, 0.5) is 0 Å². The standard InChI is InChI=1S/C17H32N8O7/c1-8(26)13(16(31)32)25-15(30)9(3-2-6-22-17(20)21)24-14(29)10(4-5-11(19)27)23-12(28)7-18/h8-10,13,26H,2-7,18H2,1H3,(H2,19,27)(H,23,28)(H,24,29)(H,25,30)(H,31,32)(H4,20,21,22). The van der Waals surface area contributed by atoms with Gasteiger partial charge in [0.25, 0.3) is 0 Å². The maximum atomic E-state index is 12.7. The molecule has 32 heavy (non-hydrogen) atoms.